The topological polar surface area (TPSA) is 53.6 Å². The Morgan fingerprint density at radius 2 is 2.13 bits per heavy atom. The molecule has 1 amide bonds. The van der Waals surface area contributed by atoms with Crippen LogP contribution in [0.25, 0.3) is 0 Å². The molecule has 0 aromatic heterocycles. The summed E-state index contributed by atoms with van der Waals surface area (Å²) in [6.07, 6.45) is 0. The van der Waals surface area contributed by atoms with E-state index in [1.165, 1.54) is 0 Å². The van der Waals surface area contributed by atoms with Gasteiger partial charge in [0.15, 0.2) is 0 Å². The molecule has 0 spiro atoms. The van der Waals surface area contributed by atoms with E-state index in [0.29, 0.717) is 19.3 Å². The van der Waals surface area contributed by atoms with Crippen LogP contribution in [0.1, 0.15) is 6.92 Å². The molecule has 0 saturated carbocycles. The van der Waals surface area contributed by atoms with Crippen LogP contribution in [0.5, 0.6) is 0 Å². The number of carbonyl (C=O) groups excluding carboxylic acids is 1. The maximum absolute atomic E-state index is 12.0. The van der Waals surface area contributed by atoms with Crippen LogP contribution in [0, 0.1) is 0 Å². The summed E-state index contributed by atoms with van der Waals surface area (Å²) in [7, 11) is 0. The second kappa shape index (κ2) is 4.92. The fourth-order valence-corrected chi connectivity index (χ4v) is 1.89. The van der Waals surface area contributed by atoms with Crippen LogP contribution in [0.15, 0.2) is 0 Å². The van der Waals surface area contributed by atoms with Gasteiger partial charge in [0, 0.05) is 32.2 Å². The Hall–Kier alpha value is -0.650. The molecule has 2 aliphatic rings. The molecule has 2 saturated heterocycles. The molecule has 0 bridgehead atoms. The lowest BCUT2D eigenvalue weighted by Gasteiger charge is -2.34. The van der Waals surface area contributed by atoms with Gasteiger partial charge in [-0.1, -0.05) is 0 Å². The number of morpholine rings is 1. The quantitative estimate of drug-likeness (QED) is 0.618. The Bertz CT molecular complexity index is 225. The van der Waals surface area contributed by atoms with E-state index in [1.807, 2.05) is 11.8 Å². The second-order valence-corrected chi connectivity index (χ2v) is 4.18. The Balaban J connectivity index is 1.77. The summed E-state index contributed by atoms with van der Waals surface area (Å²) < 4.78 is 5.22. The van der Waals surface area contributed by atoms with E-state index in [-0.39, 0.29) is 11.9 Å². The molecule has 1 unspecified atom stereocenters. The predicted octanol–water partition coefficient (Wildman–Crippen LogP) is -1.20. The van der Waals surface area contributed by atoms with E-state index in [9.17, 15) is 4.79 Å². The van der Waals surface area contributed by atoms with E-state index in [2.05, 4.69) is 10.6 Å². The van der Waals surface area contributed by atoms with Crippen molar-refractivity contribution in [3.05, 3.63) is 0 Å². The Labute approximate surface area is 90.1 Å². The molecule has 2 heterocycles. The smallest absolute Gasteiger partial charge is 0.239 e. The van der Waals surface area contributed by atoms with Gasteiger partial charge in [0.1, 0.15) is 0 Å². The zero-order valence-corrected chi connectivity index (χ0v) is 9.16. The minimum absolute atomic E-state index is 0.0739. The third kappa shape index (κ3) is 2.68. The summed E-state index contributed by atoms with van der Waals surface area (Å²) in [6, 6.07) is 0.389. The number of carbonyl (C=O) groups is 1. The van der Waals surface area contributed by atoms with Crippen molar-refractivity contribution in [1.82, 2.24) is 15.5 Å². The van der Waals surface area contributed by atoms with Gasteiger partial charge in [0.25, 0.3) is 0 Å². The van der Waals surface area contributed by atoms with Gasteiger partial charge in [-0.2, -0.15) is 0 Å². The molecule has 2 N–H and O–H groups in total. The van der Waals surface area contributed by atoms with Crippen LogP contribution >= 0.6 is 0 Å². The van der Waals surface area contributed by atoms with Crippen LogP contribution in [0.4, 0.5) is 0 Å². The molecule has 2 fully saturated rings. The predicted molar refractivity (Wildman–Crippen MR) is 56.7 cm³/mol. The first-order valence-corrected chi connectivity index (χ1v) is 5.60. The number of nitrogens with one attached hydrogen (secondary N) is 2. The number of rotatable bonds is 3. The Kier molecular flexibility index (Phi) is 3.56. The second-order valence-electron chi connectivity index (χ2n) is 4.18. The monoisotopic (exact) mass is 213 g/mol. The number of amides is 1. The molecule has 5 nitrogen and oxygen atoms in total. The molecular formula is C10H19N3O2. The molecule has 0 aromatic carbocycles. The van der Waals surface area contributed by atoms with Crippen LogP contribution < -0.4 is 10.6 Å². The number of ether oxygens (including phenoxy) is 1. The van der Waals surface area contributed by atoms with E-state index in [4.69, 9.17) is 4.74 Å². The minimum Gasteiger partial charge on any atom is -0.378 e. The van der Waals surface area contributed by atoms with Crippen molar-refractivity contribution in [2.75, 3.05) is 39.4 Å². The maximum atomic E-state index is 12.0. The number of nitrogens with zero attached hydrogens (tertiary/aromatic N) is 1. The molecule has 1 atom stereocenters. The molecule has 0 aliphatic carbocycles. The summed E-state index contributed by atoms with van der Waals surface area (Å²) in [4.78, 5) is 13.8. The standard InChI is InChI=1S/C10H19N3O2/c1-8(12-9-6-11-7-9)10(14)13-2-4-15-5-3-13/h8-9,11-12H,2-7H2,1H3. The SMILES string of the molecule is CC(NC1CNC1)C(=O)N1CCOCC1. The molecule has 2 aliphatic heterocycles. The summed E-state index contributed by atoms with van der Waals surface area (Å²) >= 11 is 0. The highest BCUT2D eigenvalue weighted by atomic mass is 16.5. The molecular weight excluding hydrogens is 194 g/mol. The van der Waals surface area contributed by atoms with Crippen LogP contribution in [-0.2, 0) is 9.53 Å². The molecule has 86 valence electrons. The first kappa shape index (κ1) is 10.9. The summed E-state index contributed by atoms with van der Waals surface area (Å²) in [6.45, 7) is 6.69. The van der Waals surface area contributed by atoms with Gasteiger partial charge in [-0.3, -0.25) is 4.79 Å². The minimum atomic E-state index is -0.0739. The van der Waals surface area contributed by atoms with Crippen LogP contribution in [0.3, 0.4) is 0 Å². The van der Waals surface area contributed by atoms with Gasteiger partial charge in [0.2, 0.25) is 5.91 Å². The van der Waals surface area contributed by atoms with E-state index < -0.39 is 0 Å². The molecule has 0 radical (unpaired) electrons. The van der Waals surface area contributed by atoms with Gasteiger partial charge < -0.3 is 20.3 Å². The largest absolute Gasteiger partial charge is 0.378 e. The summed E-state index contributed by atoms with van der Waals surface area (Å²) in [5.74, 6) is 0.199. The van der Waals surface area contributed by atoms with E-state index >= 15 is 0 Å². The van der Waals surface area contributed by atoms with E-state index in [0.717, 1.165) is 26.2 Å². The van der Waals surface area contributed by atoms with Crippen molar-refractivity contribution < 1.29 is 9.53 Å². The summed E-state index contributed by atoms with van der Waals surface area (Å²) in [5.41, 5.74) is 0. The number of hydrogen-bond donors (Lipinski definition) is 2. The Morgan fingerprint density at radius 3 is 2.67 bits per heavy atom. The Morgan fingerprint density at radius 1 is 1.47 bits per heavy atom. The van der Waals surface area contributed by atoms with Crippen molar-refractivity contribution in [1.29, 1.82) is 0 Å². The zero-order valence-electron chi connectivity index (χ0n) is 9.16. The van der Waals surface area contributed by atoms with Crippen molar-refractivity contribution in [2.45, 2.75) is 19.0 Å². The fraction of sp³-hybridized carbons (Fsp3) is 0.900. The van der Waals surface area contributed by atoms with Crippen molar-refractivity contribution in [3.63, 3.8) is 0 Å². The lowest BCUT2D eigenvalue weighted by atomic mass is 10.1. The third-order valence-electron chi connectivity index (χ3n) is 2.96. The van der Waals surface area contributed by atoms with Gasteiger partial charge in [-0.15, -0.1) is 0 Å². The highest BCUT2D eigenvalue weighted by molar-refractivity contribution is 5.81. The average molecular weight is 213 g/mol. The lowest BCUT2D eigenvalue weighted by Crippen LogP contribution is -2.60. The highest BCUT2D eigenvalue weighted by Crippen LogP contribution is 2.02. The normalized spacial score (nSPS) is 24.7. The van der Waals surface area contributed by atoms with Crippen LogP contribution in [-0.4, -0.2) is 62.3 Å². The van der Waals surface area contributed by atoms with E-state index in [1.54, 1.807) is 0 Å². The number of hydrogen-bond acceptors (Lipinski definition) is 4. The molecule has 0 aromatic rings. The molecule has 5 heteroatoms. The van der Waals surface area contributed by atoms with Gasteiger partial charge in [-0.05, 0) is 6.92 Å². The summed E-state index contributed by atoms with van der Waals surface area (Å²) in [5, 5.41) is 6.50. The van der Waals surface area contributed by atoms with Crippen molar-refractivity contribution in [2.24, 2.45) is 0 Å². The van der Waals surface area contributed by atoms with Gasteiger partial charge in [0.05, 0.1) is 19.3 Å². The maximum Gasteiger partial charge on any atom is 0.239 e. The molecule has 2 rings (SSSR count). The lowest BCUT2D eigenvalue weighted by molar-refractivity contribution is -0.137. The zero-order chi connectivity index (χ0) is 10.7. The van der Waals surface area contributed by atoms with Gasteiger partial charge >= 0.3 is 0 Å². The molecule has 15 heavy (non-hydrogen) atoms. The fourth-order valence-electron chi connectivity index (χ4n) is 1.89. The van der Waals surface area contributed by atoms with Crippen molar-refractivity contribution >= 4 is 5.91 Å². The average Bonchev–Trinajstić information content (AvgIpc) is 2.23. The first-order chi connectivity index (χ1) is 7.27. The van der Waals surface area contributed by atoms with Gasteiger partial charge in [-0.25, -0.2) is 0 Å². The first-order valence-electron chi connectivity index (χ1n) is 5.60. The third-order valence-corrected chi connectivity index (χ3v) is 2.96. The van der Waals surface area contributed by atoms with Crippen molar-refractivity contribution in [3.8, 4) is 0 Å². The van der Waals surface area contributed by atoms with Crippen LogP contribution in [0.2, 0.25) is 0 Å². The highest BCUT2D eigenvalue weighted by Gasteiger charge is 2.26.